The van der Waals surface area contributed by atoms with E-state index in [9.17, 15) is 19.5 Å². The molecule has 4 rings (SSSR count). The fourth-order valence-electron chi connectivity index (χ4n) is 4.10. The van der Waals surface area contributed by atoms with Gasteiger partial charge in [-0.25, -0.2) is 14.6 Å². The number of carboxylic acid groups (broad SMARTS) is 1. The van der Waals surface area contributed by atoms with E-state index in [0.29, 0.717) is 16.3 Å². The van der Waals surface area contributed by atoms with Gasteiger partial charge < -0.3 is 9.67 Å². The smallest absolute Gasteiger partial charge is 0.337 e. The Hall–Kier alpha value is -3.20. The molecule has 32 heavy (non-hydrogen) atoms. The second kappa shape index (κ2) is 8.38. The van der Waals surface area contributed by atoms with Crippen molar-refractivity contribution in [2.24, 2.45) is 13.0 Å². The van der Waals surface area contributed by atoms with Crippen molar-refractivity contribution in [1.82, 2.24) is 18.7 Å². The van der Waals surface area contributed by atoms with Gasteiger partial charge in [-0.05, 0) is 24.5 Å². The summed E-state index contributed by atoms with van der Waals surface area (Å²) in [6.45, 7) is 6.70. The van der Waals surface area contributed by atoms with E-state index in [1.165, 1.54) is 23.0 Å². The number of hydrogen-bond donors (Lipinski definition) is 1. The highest BCUT2D eigenvalue weighted by Crippen LogP contribution is 2.31. The average Bonchev–Trinajstić information content (AvgIpc) is 3.29. The standard InChI is InChI=1S/C23H26N4O4S/c1-5-8-17-24-14-9-6-7-10-15(14)26(17)12-16-18(22(29)30)19-20(28)25(4)23(31)27(11-13(2)3)21(19)32-16/h6-7,9-10,13H,5,8,11-12H2,1-4H3,(H,29,30). The summed E-state index contributed by atoms with van der Waals surface area (Å²) in [5.41, 5.74) is 0.733. The molecule has 0 aliphatic rings. The molecule has 1 N–H and O–H groups in total. The normalized spacial score (nSPS) is 11.8. The van der Waals surface area contributed by atoms with Gasteiger partial charge in [-0.2, -0.15) is 0 Å². The molecule has 9 heteroatoms. The summed E-state index contributed by atoms with van der Waals surface area (Å²) in [7, 11) is 1.40. The van der Waals surface area contributed by atoms with Crippen molar-refractivity contribution in [2.45, 2.75) is 46.7 Å². The first-order valence-corrected chi connectivity index (χ1v) is 11.5. The largest absolute Gasteiger partial charge is 0.478 e. The molecule has 0 unspecified atom stereocenters. The molecule has 1 aromatic carbocycles. The fourth-order valence-corrected chi connectivity index (χ4v) is 5.37. The highest BCUT2D eigenvalue weighted by molar-refractivity contribution is 7.19. The van der Waals surface area contributed by atoms with Gasteiger partial charge >= 0.3 is 11.7 Å². The van der Waals surface area contributed by atoms with Gasteiger partial charge in [0.1, 0.15) is 10.7 Å². The van der Waals surface area contributed by atoms with Gasteiger partial charge in [-0.3, -0.25) is 13.9 Å². The molecule has 0 amide bonds. The van der Waals surface area contributed by atoms with Crippen LogP contribution in [0.1, 0.15) is 48.3 Å². The molecule has 0 saturated carbocycles. The summed E-state index contributed by atoms with van der Waals surface area (Å²) < 4.78 is 4.55. The molecule has 3 heterocycles. The number of benzene rings is 1. The summed E-state index contributed by atoms with van der Waals surface area (Å²) in [4.78, 5) is 43.8. The zero-order chi connectivity index (χ0) is 23.2. The molecule has 0 aliphatic heterocycles. The number of aromatic nitrogens is 4. The number of para-hydroxylation sites is 2. The Labute approximate surface area is 188 Å². The average molecular weight is 455 g/mol. The maximum Gasteiger partial charge on any atom is 0.337 e. The molecule has 8 nitrogen and oxygen atoms in total. The second-order valence-electron chi connectivity index (χ2n) is 8.39. The van der Waals surface area contributed by atoms with Crippen LogP contribution in [0.5, 0.6) is 0 Å². The predicted octanol–water partition coefficient (Wildman–Crippen LogP) is 3.47. The first-order chi connectivity index (χ1) is 15.2. The minimum atomic E-state index is -1.17. The third-order valence-electron chi connectivity index (χ3n) is 5.51. The zero-order valence-electron chi connectivity index (χ0n) is 18.6. The van der Waals surface area contributed by atoms with Crippen molar-refractivity contribution in [1.29, 1.82) is 0 Å². The molecule has 0 aliphatic carbocycles. The number of aromatic carboxylic acids is 1. The summed E-state index contributed by atoms with van der Waals surface area (Å²) >= 11 is 1.21. The van der Waals surface area contributed by atoms with E-state index in [0.717, 1.165) is 34.3 Å². The van der Waals surface area contributed by atoms with E-state index >= 15 is 0 Å². The van der Waals surface area contributed by atoms with Crippen LogP contribution in [0.25, 0.3) is 21.3 Å². The van der Waals surface area contributed by atoms with Gasteiger partial charge in [0.25, 0.3) is 5.56 Å². The minimum absolute atomic E-state index is 0.0247. The Morgan fingerprint density at radius 3 is 2.56 bits per heavy atom. The van der Waals surface area contributed by atoms with Crippen LogP contribution in [0.4, 0.5) is 0 Å². The van der Waals surface area contributed by atoms with Crippen molar-refractivity contribution in [3.8, 4) is 0 Å². The highest BCUT2D eigenvalue weighted by Gasteiger charge is 2.26. The lowest BCUT2D eigenvalue weighted by Crippen LogP contribution is -2.38. The number of thiophene rings is 1. The Balaban J connectivity index is 2.02. The van der Waals surface area contributed by atoms with Crippen molar-refractivity contribution in [2.75, 3.05) is 0 Å². The summed E-state index contributed by atoms with van der Waals surface area (Å²) in [5, 5.41) is 10.2. The predicted molar refractivity (Wildman–Crippen MR) is 126 cm³/mol. The van der Waals surface area contributed by atoms with Crippen molar-refractivity contribution in [3.63, 3.8) is 0 Å². The van der Waals surface area contributed by atoms with Gasteiger partial charge in [-0.15, -0.1) is 11.3 Å². The maximum absolute atomic E-state index is 13.0. The number of fused-ring (bicyclic) bond motifs is 2. The van der Waals surface area contributed by atoms with Crippen molar-refractivity contribution < 1.29 is 9.90 Å². The number of hydrogen-bond acceptors (Lipinski definition) is 5. The molecule has 168 valence electrons. The molecule has 0 atom stereocenters. The minimum Gasteiger partial charge on any atom is -0.478 e. The SMILES string of the molecule is CCCc1nc2ccccc2n1Cc1sc2c(c1C(=O)O)c(=O)n(C)c(=O)n2CC(C)C. The molecular weight excluding hydrogens is 428 g/mol. The Kier molecular flexibility index (Phi) is 5.77. The van der Waals surface area contributed by atoms with Gasteiger partial charge in [0.05, 0.1) is 28.5 Å². The van der Waals surface area contributed by atoms with Gasteiger partial charge in [-0.1, -0.05) is 32.9 Å². The lowest BCUT2D eigenvalue weighted by Gasteiger charge is -2.11. The third-order valence-corrected chi connectivity index (χ3v) is 6.71. The molecule has 3 aromatic heterocycles. The van der Waals surface area contributed by atoms with Crippen LogP contribution in [0.15, 0.2) is 33.9 Å². The number of imidazole rings is 1. The molecule has 0 spiro atoms. The molecule has 0 fully saturated rings. The van der Waals surface area contributed by atoms with E-state index in [1.54, 1.807) is 0 Å². The van der Waals surface area contributed by atoms with E-state index in [2.05, 4.69) is 6.92 Å². The molecule has 0 bridgehead atoms. The molecule has 0 radical (unpaired) electrons. The lowest BCUT2D eigenvalue weighted by atomic mass is 10.1. The summed E-state index contributed by atoms with van der Waals surface area (Å²) in [6, 6.07) is 7.74. The number of carbonyl (C=O) groups is 1. The summed E-state index contributed by atoms with van der Waals surface area (Å²) in [5.74, 6) is -0.143. The van der Waals surface area contributed by atoms with E-state index in [4.69, 9.17) is 4.98 Å². The van der Waals surface area contributed by atoms with Gasteiger partial charge in [0.15, 0.2) is 0 Å². The topological polar surface area (TPSA) is 99.1 Å². The van der Waals surface area contributed by atoms with Crippen molar-refractivity contribution in [3.05, 3.63) is 61.4 Å². The van der Waals surface area contributed by atoms with Crippen LogP contribution < -0.4 is 11.2 Å². The second-order valence-corrected chi connectivity index (χ2v) is 9.47. The van der Waals surface area contributed by atoms with Crippen LogP contribution in [0.3, 0.4) is 0 Å². The van der Waals surface area contributed by atoms with E-state index < -0.39 is 17.2 Å². The number of rotatable bonds is 7. The Morgan fingerprint density at radius 1 is 1.19 bits per heavy atom. The first-order valence-electron chi connectivity index (χ1n) is 10.7. The maximum atomic E-state index is 13.0. The quantitative estimate of drug-likeness (QED) is 0.461. The fraction of sp³-hybridized carbons (Fsp3) is 0.391. The lowest BCUT2D eigenvalue weighted by molar-refractivity contribution is 0.0698. The number of nitrogens with zero attached hydrogens (tertiary/aromatic N) is 4. The zero-order valence-corrected chi connectivity index (χ0v) is 19.4. The van der Waals surface area contributed by atoms with Crippen LogP contribution in [-0.4, -0.2) is 29.8 Å². The van der Waals surface area contributed by atoms with Gasteiger partial charge in [0.2, 0.25) is 0 Å². The van der Waals surface area contributed by atoms with Gasteiger partial charge in [0, 0.05) is 24.9 Å². The number of carboxylic acids is 1. The first kappa shape index (κ1) is 22.0. The van der Waals surface area contributed by atoms with Crippen LogP contribution >= 0.6 is 11.3 Å². The van der Waals surface area contributed by atoms with Crippen molar-refractivity contribution >= 4 is 38.6 Å². The summed E-state index contributed by atoms with van der Waals surface area (Å²) in [6.07, 6.45) is 1.65. The Morgan fingerprint density at radius 2 is 1.91 bits per heavy atom. The van der Waals surface area contributed by atoms with Crippen LogP contribution in [0, 0.1) is 5.92 Å². The van der Waals surface area contributed by atoms with Crippen LogP contribution in [-0.2, 0) is 26.6 Å². The van der Waals surface area contributed by atoms with Crippen LogP contribution in [0.2, 0.25) is 0 Å². The van der Waals surface area contributed by atoms with E-state index in [-0.39, 0.29) is 23.4 Å². The molecular formula is C23H26N4O4S. The number of aryl methyl sites for hydroxylation is 1. The monoisotopic (exact) mass is 454 g/mol. The molecule has 4 aromatic rings. The van der Waals surface area contributed by atoms with E-state index in [1.807, 2.05) is 42.7 Å². The molecule has 0 saturated heterocycles. The Bertz CT molecular complexity index is 1450. The highest BCUT2D eigenvalue weighted by atomic mass is 32.1. The third kappa shape index (κ3) is 3.56.